The SMILES string of the molecule is Nc1ccc(C(=O)N/N=C/c2ccc(/N=N/c3ccccc3)cc2)cn1. The standard InChI is InChI=1S/C19H16N6O/c20-18-11-8-15(13-21-18)19(26)25-22-12-14-6-9-17(10-7-14)24-23-16-4-2-1-3-5-16/h1-13H,(H2,20,21)(H,25,26)/b22-12+,24-23+. The van der Waals surface area contributed by atoms with Crippen LogP contribution in [0.3, 0.4) is 0 Å². The van der Waals surface area contributed by atoms with Crippen molar-refractivity contribution in [2.45, 2.75) is 0 Å². The first-order valence-electron chi connectivity index (χ1n) is 7.82. The number of benzene rings is 2. The lowest BCUT2D eigenvalue weighted by Gasteiger charge is -2.00. The Morgan fingerprint density at radius 1 is 0.923 bits per heavy atom. The third kappa shape index (κ3) is 4.81. The Labute approximate surface area is 150 Å². The highest BCUT2D eigenvalue weighted by molar-refractivity contribution is 5.94. The maximum atomic E-state index is 11.9. The summed E-state index contributed by atoms with van der Waals surface area (Å²) in [5, 5.41) is 12.2. The summed E-state index contributed by atoms with van der Waals surface area (Å²) in [5.74, 6) is -0.00316. The number of hydrogen-bond donors (Lipinski definition) is 2. The van der Waals surface area contributed by atoms with Gasteiger partial charge in [-0.3, -0.25) is 4.79 Å². The Hall–Kier alpha value is -3.87. The van der Waals surface area contributed by atoms with Crippen molar-refractivity contribution in [3.63, 3.8) is 0 Å². The summed E-state index contributed by atoms with van der Waals surface area (Å²) in [6.07, 6.45) is 2.94. The van der Waals surface area contributed by atoms with E-state index in [1.165, 1.54) is 6.20 Å². The van der Waals surface area contributed by atoms with Crippen molar-refractivity contribution in [2.24, 2.45) is 15.3 Å². The highest BCUT2D eigenvalue weighted by Gasteiger charge is 2.03. The van der Waals surface area contributed by atoms with Crippen LogP contribution in [0.5, 0.6) is 0 Å². The second kappa shape index (κ2) is 8.29. The van der Waals surface area contributed by atoms with E-state index < -0.39 is 0 Å². The number of carbonyl (C=O) groups is 1. The van der Waals surface area contributed by atoms with Crippen molar-refractivity contribution >= 4 is 29.3 Å². The summed E-state index contributed by atoms with van der Waals surface area (Å²) in [6, 6.07) is 19.9. The van der Waals surface area contributed by atoms with Crippen LogP contribution in [0, 0.1) is 0 Å². The smallest absolute Gasteiger partial charge is 0.272 e. The molecule has 0 saturated heterocycles. The maximum Gasteiger partial charge on any atom is 0.272 e. The fraction of sp³-hybridized carbons (Fsp3) is 0. The molecule has 1 aromatic heterocycles. The van der Waals surface area contributed by atoms with Gasteiger partial charge in [-0.25, -0.2) is 10.4 Å². The van der Waals surface area contributed by atoms with Crippen molar-refractivity contribution in [2.75, 3.05) is 5.73 Å². The topological polar surface area (TPSA) is 105 Å². The minimum absolute atomic E-state index is 0.356. The molecule has 0 radical (unpaired) electrons. The molecule has 7 nitrogen and oxygen atoms in total. The van der Waals surface area contributed by atoms with Crippen LogP contribution in [0.15, 0.2) is 88.3 Å². The van der Waals surface area contributed by atoms with E-state index in [2.05, 4.69) is 25.7 Å². The Morgan fingerprint density at radius 3 is 2.27 bits per heavy atom. The van der Waals surface area contributed by atoms with Crippen LogP contribution in [0.4, 0.5) is 17.2 Å². The number of rotatable bonds is 5. The first-order chi connectivity index (χ1) is 12.7. The number of nitrogens with zero attached hydrogens (tertiary/aromatic N) is 4. The van der Waals surface area contributed by atoms with Gasteiger partial charge in [-0.1, -0.05) is 30.3 Å². The molecule has 1 heterocycles. The summed E-state index contributed by atoms with van der Waals surface area (Å²) in [6.45, 7) is 0. The quantitative estimate of drug-likeness (QED) is 0.417. The van der Waals surface area contributed by atoms with Crippen molar-refractivity contribution in [1.29, 1.82) is 0 Å². The van der Waals surface area contributed by atoms with Gasteiger partial charge in [0.05, 0.1) is 23.2 Å². The second-order valence-electron chi connectivity index (χ2n) is 5.30. The van der Waals surface area contributed by atoms with Gasteiger partial charge in [-0.05, 0) is 42.0 Å². The lowest BCUT2D eigenvalue weighted by atomic mass is 10.2. The van der Waals surface area contributed by atoms with Crippen molar-refractivity contribution in [3.8, 4) is 0 Å². The molecule has 1 amide bonds. The molecule has 0 spiro atoms. The molecule has 2 aromatic carbocycles. The summed E-state index contributed by atoms with van der Waals surface area (Å²) < 4.78 is 0. The number of nitrogens with two attached hydrogens (primary N) is 1. The molecule has 0 aliphatic carbocycles. The van der Waals surface area contributed by atoms with E-state index in [4.69, 9.17) is 5.73 Å². The first-order valence-corrected chi connectivity index (χ1v) is 7.82. The molecule has 26 heavy (non-hydrogen) atoms. The van der Waals surface area contributed by atoms with Crippen LogP contribution in [-0.2, 0) is 0 Å². The van der Waals surface area contributed by atoms with Crippen LogP contribution in [0.1, 0.15) is 15.9 Å². The normalized spacial score (nSPS) is 11.1. The zero-order valence-electron chi connectivity index (χ0n) is 13.8. The van der Waals surface area contributed by atoms with Crippen LogP contribution >= 0.6 is 0 Å². The van der Waals surface area contributed by atoms with Crippen molar-refractivity contribution < 1.29 is 4.79 Å². The molecular weight excluding hydrogens is 328 g/mol. The number of pyridine rings is 1. The molecule has 0 bridgehead atoms. The molecule has 0 atom stereocenters. The number of nitrogens with one attached hydrogen (secondary N) is 1. The van der Waals surface area contributed by atoms with Gasteiger partial charge in [0.25, 0.3) is 5.91 Å². The highest BCUT2D eigenvalue weighted by Crippen LogP contribution is 2.17. The summed E-state index contributed by atoms with van der Waals surface area (Å²) in [7, 11) is 0. The average molecular weight is 344 g/mol. The average Bonchev–Trinajstić information content (AvgIpc) is 2.68. The number of carbonyl (C=O) groups excluding carboxylic acids is 1. The van der Waals surface area contributed by atoms with Gasteiger partial charge < -0.3 is 5.73 Å². The fourth-order valence-corrected chi connectivity index (χ4v) is 2.01. The molecule has 0 aliphatic rings. The van der Waals surface area contributed by atoms with Crippen LogP contribution in [0.25, 0.3) is 0 Å². The Balaban J connectivity index is 1.57. The number of amides is 1. The Kier molecular flexibility index (Phi) is 5.41. The molecule has 128 valence electrons. The lowest BCUT2D eigenvalue weighted by molar-refractivity contribution is 0.0955. The number of hydrogen-bond acceptors (Lipinski definition) is 6. The predicted molar refractivity (Wildman–Crippen MR) is 101 cm³/mol. The molecular formula is C19H16N6O. The third-order valence-corrected chi connectivity index (χ3v) is 3.36. The highest BCUT2D eigenvalue weighted by atomic mass is 16.2. The molecule has 3 N–H and O–H groups in total. The number of anilines is 1. The summed E-state index contributed by atoms with van der Waals surface area (Å²) in [5.41, 5.74) is 10.6. The first kappa shape index (κ1) is 17.0. The Morgan fingerprint density at radius 2 is 1.62 bits per heavy atom. The third-order valence-electron chi connectivity index (χ3n) is 3.36. The van der Waals surface area contributed by atoms with Crippen LogP contribution in [-0.4, -0.2) is 17.1 Å². The lowest BCUT2D eigenvalue weighted by Crippen LogP contribution is -2.17. The number of nitrogen functional groups attached to an aromatic ring is 1. The minimum Gasteiger partial charge on any atom is -0.384 e. The van der Waals surface area contributed by atoms with Gasteiger partial charge >= 0.3 is 0 Å². The summed E-state index contributed by atoms with van der Waals surface area (Å²) >= 11 is 0. The molecule has 0 saturated carbocycles. The largest absolute Gasteiger partial charge is 0.384 e. The zero-order valence-corrected chi connectivity index (χ0v) is 13.8. The van der Waals surface area contributed by atoms with Crippen LogP contribution in [0.2, 0.25) is 0 Å². The molecule has 3 aromatic rings. The van der Waals surface area contributed by atoms with Gasteiger partial charge in [0, 0.05) is 6.20 Å². The van der Waals surface area contributed by atoms with Gasteiger partial charge in [0.15, 0.2) is 0 Å². The predicted octanol–water partition coefficient (Wildman–Crippen LogP) is 3.84. The molecule has 3 rings (SSSR count). The maximum absolute atomic E-state index is 11.9. The van der Waals surface area contributed by atoms with Gasteiger partial charge in [0.1, 0.15) is 5.82 Å². The molecule has 7 heteroatoms. The Bertz CT molecular complexity index is 919. The number of azo groups is 1. The van der Waals surface area contributed by atoms with Crippen molar-refractivity contribution in [1.82, 2.24) is 10.4 Å². The monoisotopic (exact) mass is 344 g/mol. The van der Waals surface area contributed by atoms with E-state index >= 15 is 0 Å². The minimum atomic E-state index is -0.359. The molecule has 0 fully saturated rings. The van der Waals surface area contributed by atoms with E-state index in [1.54, 1.807) is 18.3 Å². The van der Waals surface area contributed by atoms with E-state index in [-0.39, 0.29) is 5.91 Å². The van der Waals surface area contributed by atoms with E-state index in [1.807, 2.05) is 54.6 Å². The van der Waals surface area contributed by atoms with Gasteiger partial charge in [-0.2, -0.15) is 15.3 Å². The second-order valence-corrected chi connectivity index (χ2v) is 5.30. The van der Waals surface area contributed by atoms with E-state index in [9.17, 15) is 4.79 Å². The number of aromatic nitrogens is 1. The van der Waals surface area contributed by atoms with Crippen LogP contribution < -0.4 is 11.2 Å². The fourth-order valence-electron chi connectivity index (χ4n) is 2.01. The van der Waals surface area contributed by atoms with Crippen molar-refractivity contribution in [3.05, 3.63) is 84.1 Å². The molecule has 0 unspecified atom stereocenters. The van der Waals surface area contributed by atoms with E-state index in [0.29, 0.717) is 11.4 Å². The van der Waals surface area contributed by atoms with E-state index in [0.717, 1.165) is 16.9 Å². The molecule has 0 aliphatic heterocycles. The van der Waals surface area contributed by atoms with Gasteiger partial charge in [0.2, 0.25) is 0 Å². The summed E-state index contributed by atoms with van der Waals surface area (Å²) in [4.78, 5) is 15.7. The number of hydrazone groups is 1. The zero-order chi connectivity index (χ0) is 18.2. The van der Waals surface area contributed by atoms with Gasteiger partial charge in [-0.15, -0.1) is 0 Å².